The van der Waals surface area contributed by atoms with Crippen LogP contribution in [0.1, 0.15) is 40.5 Å². The van der Waals surface area contributed by atoms with Crippen LogP contribution in [0.3, 0.4) is 0 Å². The molecule has 0 aliphatic heterocycles. The van der Waals surface area contributed by atoms with Crippen molar-refractivity contribution in [3.8, 4) is 0 Å². The van der Waals surface area contributed by atoms with Gasteiger partial charge in [-0.25, -0.2) is 14.0 Å². The summed E-state index contributed by atoms with van der Waals surface area (Å²) in [4.78, 5) is 0. The maximum absolute atomic E-state index is 13.1. The SMILES string of the molecule is Cc1cc(C(F)(F)F)nn1C(n1nc(C(F)(F)F)cc1C)n1nc(C(F)(F)F)cc1C. The van der Waals surface area contributed by atoms with E-state index in [0.29, 0.717) is 32.2 Å². The lowest BCUT2D eigenvalue weighted by Gasteiger charge is -2.23. The van der Waals surface area contributed by atoms with Crippen molar-refractivity contribution in [2.45, 2.75) is 45.6 Å². The van der Waals surface area contributed by atoms with Gasteiger partial charge in [0.1, 0.15) is 0 Å². The second kappa shape index (κ2) is 7.02. The predicted octanol–water partition coefficient (Wildman–Crippen LogP) is 4.81. The quantitative estimate of drug-likeness (QED) is 0.528. The molecule has 31 heavy (non-hydrogen) atoms. The molecule has 0 unspecified atom stereocenters. The summed E-state index contributed by atoms with van der Waals surface area (Å²) in [7, 11) is 0. The van der Waals surface area contributed by atoms with E-state index >= 15 is 0 Å². The van der Waals surface area contributed by atoms with E-state index in [-0.39, 0.29) is 17.1 Å². The summed E-state index contributed by atoms with van der Waals surface area (Å²) in [5, 5.41) is 10.1. The maximum Gasteiger partial charge on any atom is 0.435 e. The van der Waals surface area contributed by atoms with Gasteiger partial charge < -0.3 is 0 Å². The van der Waals surface area contributed by atoms with E-state index in [1.165, 1.54) is 20.8 Å². The van der Waals surface area contributed by atoms with Gasteiger partial charge in [-0.2, -0.15) is 54.8 Å². The molecule has 3 rings (SSSR count). The van der Waals surface area contributed by atoms with Gasteiger partial charge in [-0.3, -0.25) is 0 Å². The molecule has 0 saturated heterocycles. The summed E-state index contributed by atoms with van der Waals surface area (Å²) in [6, 6.07) is 1.83. The van der Waals surface area contributed by atoms with Crippen LogP contribution in [0.25, 0.3) is 0 Å². The zero-order valence-corrected chi connectivity index (χ0v) is 15.9. The third kappa shape index (κ3) is 4.25. The Morgan fingerprint density at radius 3 is 0.935 bits per heavy atom. The van der Waals surface area contributed by atoms with Crippen LogP contribution in [-0.2, 0) is 18.5 Å². The monoisotopic (exact) mass is 460 g/mol. The first-order valence-electron chi connectivity index (χ1n) is 8.40. The van der Waals surface area contributed by atoms with Crippen molar-refractivity contribution in [2.75, 3.05) is 0 Å². The largest absolute Gasteiger partial charge is 0.435 e. The topological polar surface area (TPSA) is 53.5 Å². The fraction of sp³-hybridized carbons (Fsp3) is 0.438. The molecular weight excluding hydrogens is 447 g/mol. The first kappa shape index (κ1) is 22.7. The number of aromatic nitrogens is 6. The van der Waals surface area contributed by atoms with Crippen molar-refractivity contribution in [1.29, 1.82) is 0 Å². The van der Waals surface area contributed by atoms with Gasteiger partial charge in [0.05, 0.1) is 0 Å². The Morgan fingerprint density at radius 2 is 0.774 bits per heavy atom. The third-order valence-corrected chi connectivity index (χ3v) is 4.29. The lowest BCUT2D eigenvalue weighted by molar-refractivity contribution is -0.142. The highest BCUT2D eigenvalue weighted by atomic mass is 19.4. The smallest absolute Gasteiger partial charge is 0.224 e. The molecule has 3 aromatic heterocycles. The number of alkyl halides is 9. The average Bonchev–Trinajstić information content (AvgIpc) is 3.26. The highest BCUT2D eigenvalue weighted by Crippen LogP contribution is 2.34. The van der Waals surface area contributed by atoms with E-state index in [2.05, 4.69) is 15.3 Å². The van der Waals surface area contributed by atoms with Crippen molar-refractivity contribution in [3.05, 3.63) is 52.4 Å². The molecule has 6 nitrogen and oxygen atoms in total. The molecule has 15 heteroatoms. The molecule has 0 aliphatic rings. The molecule has 0 N–H and O–H groups in total. The Morgan fingerprint density at radius 1 is 0.548 bits per heavy atom. The number of nitrogens with zero attached hydrogens (tertiary/aromatic N) is 6. The minimum atomic E-state index is -4.90. The van der Waals surface area contributed by atoms with Crippen LogP contribution in [0, 0.1) is 20.8 Å². The maximum atomic E-state index is 13.1. The van der Waals surface area contributed by atoms with Gasteiger partial charge in [-0.1, -0.05) is 0 Å². The molecule has 0 radical (unpaired) electrons. The molecule has 0 amide bonds. The lowest BCUT2D eigenvalue weighted by atomic mass is 10.3. The van der Waals surface area contributed by atoms with Crippen LogP contribution in [0.4, 0.5) is 39.5 Å². The second-order valence-corrected chi connectivity index (χ2v) is 6.69. The molecule has 170 valence electrons. The number of hydrogen-bond acceptors (Lipinski definition) is 3. The standard InChI is InChI=1S/C16H13F9N6/c1-7-4-10(14(17,18)19)26-29(7)13(30-8(2)5-11(27-30)15(20,21)22)31-9(3)6-12(28-31)16(23,24)25/h4-6,13H,1-3H3. The van der Waals surface area contributed by atoms with Crippen molar-refractivity contribution in [3.63, 3.8) is 0 Å². The Balaban J connectivity index is 2.28. The number of hydrogen-bond donors (Lipinski definition) is 0. The molecule has 3 aromatic rings. The number of halogens is 9. The van der Waals surface area contributed by atoms with Crippen molar-refractivity contribution >= 4 is 0 Å². The van der Waals surface area contributed by atoms with Gasteiger partial charge in [0, 0.05) is 17.1 Å². The molecule has 0 aromatic carbocycles. The van der Waals surface area contributed by atoms with Crippen LogP contribution < -0.4 is 0 Å². The minimum absolute atomic E-state index is 0.191. The van der Waals surface area contributed by atoms with Crippen LogP contribution in [0.2, 0.25) is 0 Å². The number of rotatable bonds is 3. The number of aryl methyl sites for hydroxylation is 3. The predicted molar refractivity (Wildman–Crippen MR) is 85.7 cm³/mol. The van der Waals surface area contributed by atoms with Gasteiger partial charge >= 0.3 is 18.5 Å². The zero-order chi connectivity index (χ0) is 23.5. The van der Waals surface area contributed by atoms with Crippen molar-refractivity contribution in [2.24, 2.45) is 0 Å². The molecular formula is C16H13F9N6. The summed E-state index contributed by atoms with van der Waals surface area (Å²) in [5.74, 6) is 0. The van der Waals surface area contributed by atoms with E-state index < -0.39 is 41.9 Å². The molecule has 0 bridgehead atoms. The molecule has 0 fully saturated rings. The van der Waals surface area contributed by atoms with Crippen LogP contribution in [0.15, 0.2) is 18.2 Å². The van der Waals surface area contributed by atoms with Crippen LogP contribution in [-0.4, -0.2) is 29.3 Å². The molecule has 0 atom stereocenters. The third-order valence-electron chi connectivity index (χ3n) is 4.29. The Labute approximate surface area is 167 Å². The Kier molecular flexibility index (Phi) is 5.13. The fourth-order valence-corrected chi connectivity index (χ4v) is 2.89. The van der Waals surface area contributed by atoms with Crippen LogP contribution in [0.5, 0.6) is 0 Å². The molecule has 0 aliphatic carbocycles. The Bertz CT molecular complexity index is 958. The first-order chi connectivity index (χ1) is 14.0. The van der Waals surface area contributed by atoms with Gasteiger partial charge in [0.2, 0.25) is 6.29 Å². The van der Waals surface area contributed by atoms with Gasteiger partial charge in [-0.05, 0) is 39.0 Å². The van der Waals surface area contributed by atoms with Crippen LogP contribution >= 0.6 is 0 Å². The van der Waals surface area contributed by atoms with Gasteiger partial charge in [0.25, 0.3) is 0 Å². The fourth-order valence-electron chi connectivity index (χ4n) is 2.89. The first-order valence-corrected chi connectivity index (χ1v) is 8.40. The van der Waals surface area contributed by atoms with Gasteiger partial charge in [-0.15, -0.1) is 0 Å². The minimum Gasteiger partial charge on any atom is -0.224 e. The van der Waals surface area contributed by atoms with Crippen molar-refractivity contribution < 1.29 is 39.5 Å². The van der Waals surface area contributed by atoms with E-state index in [4.69, 9.17) is 0 Å². The summed E-state index contributed by atoms with van der Waals surface area (Å²) < 4.78 is 120. The second-order valence-electron chi connectivity index (χ2n) is 6.69. The highest BCUT2D eigenvalue weighted by molar-refractivity contribution is 5.18. The normalized spacial score (nSPS) is 13.5. The van der Waals surface area contributed by atoms with E-state index in [0.717, 1.165) is 0 Å². The molecule has 3 heterocycles. The summed E-state index contributed by atoms with van der Waals surface area (Å²) in [6.45, 7) is 3.51. The van der Waals surface area contributed by atoms with Gasteiger partial charge in [0.15, 0.2) is 17.1 Å². The Hall–Kier alpha value is -3.00. The summed E-state index contributed by atoms with van der Waals surface area (Å²) in [6.07, 6.45) is -16.5. The van der Waals surface area contributed by atoms with E-state index in [1.807, 2.05) is 0 Å². The lowest BCUT2D eigenvalue weighted by Crippen LogP contribution is -2.31. The van der Waals surface area contributed by atoms with E-state index in [1.54, 1.807) is 0 Å². The average molecular weight is 460 g/mol. The highest BCUT2D eigenvalue weighted by Gasteiger charge is 2.40. The van der Waals surface area contributed by atoms with Crippen molar-refractivity contribution in [1.82, 2.24) is 29.3 Å². The summed E-state index contributed by atoms with van der Waals surface area (Å²) in [5.41, 5.74) is -4.71. The zero-order valence-electron chi connectivity index (χ0n) is 15.9. The molecule has 0 saturated carbocycles. The van der Waals surface area contributed by atoms with E-state index in [9.17, 15) is 39.5 Å². The summed E-state index contributed by atoms with van der Waals surface area (Å²) >= 11 is 0. The molecule has 0 spiro atoms.